The summed E-state index contributed by atoms with van der Waals surface area (Å²) in [5.74, 6) is -0.367. The molecule has 0 radical (unpaired) electrons. The van der Waals surface area contributed by atoms with Crippen LogP contribution in [0.3, 0.4) is 0 Å². The maximum Gasteiger partial charge on any atom is 0.251 e. The molecule has 0 atom stereocenters. The molecule has 1 heterocycles. The molecule has 0 fully saturated rings. The van der Waals surface area contributed by atoms with Crippen molar-refractivity contribution >= 4 is 29.2 Å². The molecular formula is C18H15ClFNO. The lowest BCUT2D eigenvalue weighted by Gasteiger charge is -2.08. The summed E-state index contributed by atoms with van der Waals surface area (Å²) in [6.07, 6.45) is 2.81. The Morgan fingerprint density at radius 3 is 2.86 bits per heavy atom. The van der Waals surface area contributed by atoms with Crippen LogP contribution >= 0.6 is 11.6 Å². The molecule has 2 aromatic carbocycles. The first-order valence-electron chi connectivity index (χ1n) is 7.15. The second kappa shape index (κ2) is 5.93. The minimum atomic E-state index is -0.341. The molecule has 4 heteroatoms. The highest BCUT2D eigenvalue weighted by atomic mass is 35.5. The molecule has 2 aromatic rings. The number of amides is 1. The van der Waals surface area contributed by atoms with Crippen molar-refractivity contribution in [3.8, 4) is 0 Å². The first-order valence-corrected chi connectivity index (χ1v) is 7.53. The zero-order valence-electron chi connectivity index (χ0n) is 12.1. The summed E-state index contributed by atoms with van der Waals surface area (Å²) in [5, 5.41) is 3.21. The van der Waals surface area contributed by atoms with Crippen LogP contribution in [0.5, 0.6) is 0 Å². The normalized spacial score (nSPS) is 14.0. The lowest BCUT2D eigenvalue weighted by molar-refractivity contribution is 0.0966. The van der Waals surface area contributed by atoms with Gasteiger partial charge in [0.2, 0.25) is 0 Å². The quantitative estimate of drug-likeness (QED) is 0.819. The molecule has 22 heavy (non-hydrogen) atoms. The number of benzene rings is 2. The summed E-state index contributed by atoms with van der Waals surface area (Å²) in [4.78, 5) is 11.6. The molecule has 0 unspecified atom stereocenters. The molecule has 1 aliphatic rings. The van der Waals surface area contributed by atoms with Gasteiger partial charge in [0.15, 0.2) is 0 Å². The molecule has 112 valence electrons. The van der Waals surface area contributed by atoms with Crippen LogP contribution in [-0.4, -0.2) is 5.91 Å². The van der Waals surface area contributed by atoms with Crippen molar-refractivity contribution in [2.45, 2.75) is 19.9 Å². The van der Waals surface area contributed by atoms with E-state index in [0.29, 0.717) is 11.6 Å². The minimum absolute atomic E-state index is 0.0252. The van der Waals surface area contributed by atoms with E-state index in [1.54, 1.807) is 6.07 Å². The van der Waals surface area contributed by atoms with Crippen LogP contribution in [0.2, 0.25) is 5.02 Å². The molecule has 0 aromatic heterocycles. The second-order valence-electron chi connectivity index (χ2n) is 5.25. The molecule has 2 nitrogen and oxygen atoms in total. The largest absolute Gasteiger partial charge is 0.348 e. The molecule has 0 saturated carbocycles. The number of carbonyl (C=O) groups excluding carboxylic acids is 1. The van der Waals surface area contributed by atoms with Gasteiger partial charge in [-0.05, 0) is 52.9 Å². The van der Waals surface area contributed by atoms with Crippen molar-refractivity contribution in [2.75, 3.05) is 0 Å². The van der Waals surface area contributed by atoms with Crippen molar-refractivity contribution < 1.29 is 9.18 Å². The van der Waals surface area contributed by atoms with Gasteiger partial charge in [0, 0.05) is 12.1 Å². The Bertz CT molecular complexity index is 783. The maximum absolute atomic E-state index is 13.2. The van der Waals surface area contributed by atoms with Gasteiger partial charge in [-0.1, -0.05) is 36.7 Å². The molecule has 1 aliphatic heterocycles. The highest BCUT2D eigenvalue weighted by Gasteiger charge is 2.18. The molecule has 0 aliphatic carbocycles. The number of halogens is 2. The number of hydrogen-bond acceptors (Lipinski definition) is 1. The van der Waals surface area contributed by atoms with E-state index in [1.807, 2.05) is 31.2 Å². The van der Waals surface area contributed by atoms with Gasteiger partial charge in [-0.25, -0.2) is 4.39 Å². The third kappa shape index (κ3) is 2.77. The maximum atomic E-state index is 13.2. The number of rotatable bonds is 3. The summed E-state index contributed by atoms with van der Waals surface area (Å²) in [6.45, 7) is 2.60. The molecular weight excluding hydrogens is 301 g/mol. The van der Waals surface area contributed by atoms with Crippen LogP contribution in [0.15, 0.2) is 36.4 Å². The fourth-order valence-corrected chi connectivity index (χ4v) is 2.95. The van der Waals surface area contributed by atoms with Crippen LogP contribution < -0.4 is 5.32 Å². The average molecular weight is 316 g/mol. The topological polar surface area (TPSA) is 29.1 Å². The van der Waals surface area contributed by atoms with E-state index in [9.17, 15) is 9.18 Å². The third-order valence-corrected chi connectivity index (χ3v) is 4.12. The van der Waals surface area contributed by atoms with E-state index >= 15 is 0 Å². The van der Waals surface area contributed by atoms with Crippen LogP contribution in [0.25, 0.3) is 11.6 Å². The fraction of sp³-hybridized carbons (Fsp3) is 0.167. The van der Waals surface area contributed by atoms with E-state index in [1.165, 1.54) is 12.1 Å². The van der Waals surface area contributed by atoms with Gasteiger partial charge >= 0.3 is 0 Å². The van der Waals surface area contributed by atoms with Gasteiger partial charge in [-0.3, -0.25) is 4.79 Å². The zero-order valence-corrected chi connectivity index (χ0v) is 12.9. The number of allylic oxidation sites excluding steroid dienone is 1. The summed E-state index contributed by atoms with van der Waals surface area (Å²) >= 11 is 6.15. The van der Waals surface area contributed by atoms with Crippen LogP contribution in [0.1, 0.15) is 40.4 Å². The van der Waals surface area contributed by atoms with Crippen molar-refractivity contribution in [3.05, 3.63) is 69.5 Å². The molecule has 0 spiro atoms. The van der Waals surface area contributed by atoms with E-state index in [2.05, 4.69) is 5.32 Å². The summed E-state index contributed by atoms with van der Waals surface area (Å²) < 4.78 is 13.2. The molecule has 3 rings (SSSR count). The Labute approximate surface area is 133 Å². The smallest absolute Gasteiger partial charge is 0.251 e. The average Bonchev–Trinajstić information content (AvgIpc) is 2.86. The lowest BCUT2D eigenvalue weighted by atomic mass is 9.98. The van der Waals surface area contributed by atoms with Gasteiger partial charge in [0.05, 0.1) is 5.02 Å². The summed E-state index contributed by atoms with van der Waals surface area (Å²) in [6, 6.07) is 10.2. The number of hydrogen-bond donors (Lipinski definition) is 1. The highest BCUT2D eigenvalue weighted by Crippen LogP contribution is 2.29. The Kier molecular flexibility index (Phi) is 3.99. The number of nitrogens with one attached hydrogen (secondary N) is 1. The van der Waals surface area contributed by atoms with Gasteiger partial charge in [-0.2, -0.15) is 0 Å². The molecule has 0 bridgehead atoms. The number of fused-ring (bicyclic) bond motifs is 1. The van der Waals surface area contributed by atoms with E-state index in [4.69, 9.17) is 11.6 Å². The second-order valence-corrected chi connectivity index (χ2v) is 5.65. The standard InChI is InChI=1S/C18H15ClFNO/c1-2-12(15-6-4-14(20)9-17(15)19)7-11-3-5-16-13(8-11)10-21-18(16)22/h3-9H,2,10H2,1H3,(H,21,22)/b12-7+. The van der Waals surface area contributed by atoms with E-state index in [-0.39, 0.29) is 11.7 Å². The zero-order chi connectivity index (χ0) is 15.7. The van der Waals surface area contributed by atoms with E-state index < -0.39 is 0 Å². The Balaban J connectivity index is 2.00. The molecule has 1 N–H and O–H groups in total. The van der Waals surface area contributed by atoms with Crippen molar-refractivity contribution in [3.63, 3.8) is 0 Å². The molecule has 0 saturated heterocycles. The SMILES string of the molecule is CC/C(=C\c1ccc2c(c1)CNC2=O)c1ccc(F)cc1Cl. The summed E-state index contributed by atoms with van der Waals surface area (Å²) in [5.41, 5.74) is 4.60. The van der Waals surface area contributed by atoms with Crippen LogP contribution in [-0.2, 0) is 6.54 Å². The van der Waals surface area contributed by atoms with Gasteiger partial charge in [0.25, 0.3) is 5.91 Å². The van der Waals surface area contributed by atoms with Crippen LogP contribution in [0, 0.1) is 5.82 Å². The molecule has 1 amide bonds. The minimum Gasteiger partial charge on any atom is -0.348 e. The Hall–Kier alpha value is -2.13. The Morgan fingerprint density at radius 1 is 1.32 bits per heavy atom. The fourth-order valence-electron chi connectivity index (χ4n) is 2.66. The van der Waals surface area contributed by atoms with Gasteiger partial charge < -0.3 is 5.32 Å². The monoisotopic (exact) mass is 315 g/mol. The number of carbonyl (C=O) groups is 1. The van der Waals surface area contributed by atoms with E-state index in [0.717, 1.165) is 34.2 Å². The van der Waals surface area contributed by atoms with Crippen LogP contribution in [0.4, 0.5) is 4.39 Å². The lowest BCUT2D eigenvalue weighted by Crippen LogP contribution is -2.12. The first-order chi connectivity index (χ1) is 10.6. The predicted octanol–water partition coefficient (Wildman–Crippen LogP) is 4.67. The Morgan fingerprint density at radius 2 is 2.14 bits per heavy atom. The summed E-state index contributed by atoms with van der Waals surface area (Å²) in [7, 11) is 0. The van der Waals surface area contributed by atoms with Gasteiger partial charge in [-0.15, -0.1) is 0 Å². The van der Waals surface area contributed by atoms with Gasteiger partial charge in [0.1, 0.15) is 5.82 Å². The predicted molar refractivity (Wildman–Crippen MR) is 87.2 cm³/mol. The van der Waals surface area contributed by atoms with Crippen molar-refractivity contribution in [1.29, 1.82) is 0 Å². The first kappa shape index (κ1) is 14.8. The van der Waals surface area contributed by atoms with Crippen molar-refractivity contribution in [1.82, 2.24) is 5.32 Å². The van der Waals surface area contributed by atoms with Crippen molar-refractivity contribution in [2.24, 2.45) is 0 Å². The third-order valence-electron chi connectivity index (χ3n) is 3.81. The highest BCUT2D eigenvalue weighted by molar-refractivity contribution is 6.32.